The molecule has 2 heterocycles. The second kappa shape index (κ2) is 7.15. The summed E-state index contributed by atoms with van der Waals surface area (Å²) in [5.41, 5.74) is 8.99. The Morgan fingerprint density at radius 3 is 2.60 bits per heavy atom. The van der Waals surface area contributed by atoms with Crippen molar-refractivity contribution in [3.63, 3.8) is 0 Å². The van der Waals surface area contributed by atoms with Gasteiger partial charge in [0.05, 0.1) is 11.1 Å². The Labute approximate surface area is 174 Å². The Kier molecular flexibility index (Phi) is 4.75. The van der Waals surface area contributed by atoms with Crippen LogP contribution in [0.5, 0.6) is 0 Å². The first-order valence-corrected chi connectivity index (χ1v) is 10.7. The van der Waals surface area contributed by atoms with E-state index >= 15 is 0 Å². The number of hydrogen-bond donors (Lipinski definition) is 3. The average molecular weight is 427 g/mol. The predicted octanol–water partition coefficient (Wildman–Crippen LogP) is 2.38. The molecule has 4 rings (SSSR count). The van der Waals surface area contributed by atoms with E-state index in [1.807, 2.05) is 24.3 Å². The number of fused-ring (bicyclic) bond motifs is 2. The Morgan fingerprint density at radius 2 is 1.87 bits per heavy atom. The predicted molar refractivity (Wildman–Crippen MR) is 116 cm³/mol. The number of aryl methyl sites for hydroxylation is 1. The topological polar surface area (TPSA) is 125 Å². The van der Waals surface area contributed by atoms with E-state index in [0.717, 1.165) is 5.69 Å². The van der Waals surface area contributed by atoms with Gasteiger partial charge in [0.15, 0.2) is 12.0 Å². The van der Waals surface area contributed by atoms with Gasteiger partial charge in [-0.05, 0) is 36.8 Å². The summed E-state index contributed by atoms with van der Waals surface area (Å²) in [6.07, 6.45) is 0.591. The number of nitrogens with one attached hydrogen (secondary N) is 1. The zero-order valence-electron chi connectivity index (χ0n) is 16.7. The summed E-state index contributed by atoms with van der Waals surface area (Å²) in [5, 5.41) is 10.7. The minimum atomic E-state index is -3.90. The lowest BCUT2D eigenvalue weighted by atomic mass is 10.1. The number of sulfonamides is 1. The number of nitrogen functional groups attached to an aromatic ring is 1. The van der Waals surface area contributed by atoms with Crippen molar-refractivity contribution >= 4 is 38.9 Å². The molecule has 0 aliphatic carbocycles. The molecule has 1 aliphatic rings. The van der Waals surface area contributed by atoms with E-state index in [2.05, 4.69) is 14.7 Å². The van der Waals surface area contributed by atoms with E-state index in [1.54, 1.807) is 36.9 Å². The first kappa shape index (κ1) is 19.9. The number of nitrogens with two attached hydrogens (primary N) is 1. The summed E-state index contributed by atoms with van der Waals surface area (Å²) < 4.78 is 28.0. The van der Waals surface area contributed by atoms with Crippen LogP contribution < -0.4 is 20.3 Å². The summed E-state index contributed by atoms with van der Waals surface area (Å²) >= 11 is 0. The smallest absolute Gasteiger partial charge is 0.264 e. The van der Waals surface area contributed by atoms with Gasteiger partial charge in [0.25, 0.3) is 10.0 Å². The van der Waals surface area contributed by atoms with Crippen LogP contribution in [-0.4, -0.2) is 37.6 Å². The maximum Gasteiger partial charge on any atom is 0.264 e. The zero-order chi connectivity index (χ0) is 21.6. The molecule has 0 saturated heterocycles. The van der Waals surface area contributed by atoms with Gasteiger partial charge in [-0.15, -0.1) is 0 Å². The lowest BCUT2D eigenvalue weighted by Gasteiger charge is -2.24. The molecule has 0 saturated carbocycles. The third-order valence-corrected chi connectivity index (χ3v) is 6.49. The van der Waals surface area contributed by atoms with Crippen LogP contribution in [0.3, 0.4) is 0 Å². The van der Waals surface area contributed by atoms with Crippen molar-refractivity contribution < 1.29 is 13.5 Å². The van der Waals surface area contributed by atoms with Crippen molar-refractivity contribution in [2.75, 3.05) is 34.4 Å². The normalized spacial score (nSPS) is 15.9. The maximum atomic E-state index is 12.8. The maximum absolute atomic E-state index is 12.8. The Morgan fingerprint density at radius 1 is 1.13 bits per heavy atom. The van der Waals surface area contributed by atoms with Crippen LogP contribution in [0.25, 0.3) is 0 Å². The van der Waals surface area contributed by atoms with Gasteiger partial charge in [0.2, 0.25) is 5.95 Å². The van der Waals surface area contributed by atoms with E-state index < -0.39 is 16.3 Å². The monoisotopic (exact) mass is 426 g/mol. The van der Waals surface area contributed by atoms with Crippen molar-refractivity contribution in [1.29, 1.82) is 0 Å². The number of aliphatic hydroxyl groups excluding tert-OH is 1. The minimum Gasteiger partial charge on any atom is -0.399 e. The van der Waals surface area contributed by atoms with Crippen molar-refractivity contribution in [2.45, 2.75) is 18.0 Å². The number of hydrogen-bond acceptors (Lipinski definition) is 8. The van der Waals surface area contributed by atoms with Gasteiger partial charge < -0.3 is 20.6 Å². The lowest BCUT2D eigenvalue weighted by Crippen LogP contribution is -2.23. The summed E-state index contributed by atoms with van der Waals surface area (Å²) in [6, 6.07) is 11.9. The Hall–Kier alpha value is -3.37. The van der Waals surface area contributed by atoms with Crippen LogP contribution in [0.15, 0.2) is 53.6 Å². The molecule has 1 atom stereocenters. The Balaban J connectivity index is 1.75. The highest BCUT2D eigenvalue weighted by molar-refractivity contribution is 7.92. The van der Waals surface area contributed by atoms with Crippen molar-refractivity contribution in [3.8, 4) is 0 Å². The number of aromatic nitrogens is 2. The number of nitrogens with zero attached hydrogens (tertiary/aromatic N) is 4. The van der Waals surface area contributed by atoms with Gasteiger partial charge >= 0.3 is 0 Å². The van der Waals surface area contributed by atoms with Crippen LogP contribution in [-0.2, 0) is 10.0 Å². The van der Waals surface area contributed by atoms with Crippen molar-refractivity contribution in [1.82, 2.24) is 9.97 Å². The standard InChI is InChI=1S/C20H22N6O3S/c1-12-10-13(8-9-15(12)21)30(28,29)24-20-22-11-17-18(23-20)25(2)16-7-5-4-6-14(16)19(27)26(17)3/h4-11,19,27H,21H2,1-3H3,(H,22,23,24). The fourth-order valence-corrected chi connectivity index (χ4v) is 4.41. The molecule has 2 aromatic carbocycles. The summed E-state index contributed by atoms with van der Waals surface area (Å²) in [4.78, 5) is 12.1. The third-order valence-electron chi connectivity index (χ3n) is 5.17. The number of aliphatic hydroxyl groups is 1. The third kappa shape index (κ3) is 3.29. The van der Waals surface area contributed by atoms with Crippen LogP contribution >= 0.6 is 0 Å². The molecule has 1 aliphatic heterocycles. The molecule has 0 bridgehead atoms. The Bertz CT molecular complexity index is 1230. The number of rotatable bonds is 3. The molecular formula is C20H22N6O3S. The molecule has 10 heteroatoms. The summed E-state index contributed by atoms with van der Waals surface area (Å²) in [7, 11) is -0.373. The second-order valence-corrected chi connectivity index (χ2v) is 8.81. The molecule has 0 fully saturated rings. The van der Waals surface area contributed by atoms with Gasteiger partial charge in [-0.2, -0.15) is 4.98 Å². The van der Waals surface area contributed by atoms with Gasteiger partial charge in [-0.25, -0.2) is 18.1 Å². The SMILES string of the molecule is Cc1cc(S(=O)(=O)Nc2ncc3c(n2)N(C)c2ccccc2C(O)N3C)ccc1N. The largest absolute Gasteiger partial charge is 0.399 e. The fourth-order valence-electron chi connectivity index (χ4n) is 3.37. The molecule has 156 valence electrons. The lowest BCUT2D eigenvalue weighted by molar-refractivity contribution is 0.179. The highest BCUT2D eigenvalue weighted by Gasteiger charge is 2.29. The highest BCUT2D eigenvalue weighted by Crippen LogP contribution is 2.41. The van der Waals surface area contributed by atoms with Crippen molar-refractivity contribution in [3.05, 3.63) is 59.8 Å². The zero-order valence-corrected chi connectivity index (χ0v) is 17.6. The van der Waals surface area contributed by atoms with Gasteiger partial charge in [0.1, 0.15) is 5.69 Å². The number of anilines is 5. The van der Waals surface area contributed by atoms with Crippen LogP contribution in [0, 0.1) is 6.92 Å². The summed E-state index contributed by atoms with van der Waals surface area (Å²) in [6.45, 7) is 1.74. The van der Waals surface area contributed by atoms with Gasteiger partial charge in [-0.3, -0.25) is 0 Å². The molecule has 3 aromatic rings. The summed E-state index contributed by atoms with van der Waals surface area (Å²) in [5.74, 6) is 0.389. The molecule has 1 unspecified atom stereocenters. The first-order valence-electron chi connectivity index (χ1n) is 9.18. The molecule has 30 heavy (non-hydrogen) atoms. The molecule has 9 nitrogen and oxygen atoms in total. The minimum absolute atomic E-state index is 0.0685. The van der Waals surface area contributed by atoms with Crippen LogP contribution in [0.2, 0.25) is 0 Å². The van der Waals surface area contributed by atoms with E-state index in [-0.39, 0.29) is 10.8 Å². The quantitative estimate of drug-likeness (QED) is 0.545. The molecule has 0 spiro atoms. The van der Waals surface area contributed by atoms with Crippen molar-refractivity contribution in [2.24, 2.45) is 0 Å². The molecule has 0 amide bonds. The van der Waals surface area contributed by atoms with Gasteiger partial charge in [-0.1, -0.05) is 18.2 Å². The number of benzene rings is 2. The van der Waals surface area contributed by atoms with E-state index in [0.29, 0.717) is 28.3 Å². The molecule has 4 N–H and O–H groups in total. The van der Waals surface area contributed by atoms with Gasteiger partial charge in [0, 0.05) is 31.0 Å². The highest BCUT2D eigenvalue weighted by atomic mass is 32.2. The second-order valence-electron chi connectivity index (χ2n) is 7.13. The fraction of sp³-hybridized carbons (Fsp3) is 0.200. The van der Waals surface area contributed by atoms with Crippen LogP contribution in [0.4, 0.5) is 28.8 Å². The van der Waals surface area contributed by atoms with Crippen LogP contribution in [0.1, 0.15) is 17.4 Å². The number of para-hydroxylation sites is 1. The van der Waals surface area contributed by atoms with E-state index in [9.17, 15) is 13.5 Å². The molecule has 0 radical (unpaired) electrons. The molecular weight excluding hydrogens is 404 g/mol. The first-order chi connectivity index (χ1) is 14.2. The average Bonchev–Trinajstić information content (AvgIpc) is 2.80. The molecule has 1 aromatic heterocycles. The van der Waals surface area contributed by atoms with E-state index in [1.165, 1.54) is 18.3 Å². The van der Waals surface area contributed by atoms with E-state index in [4.69, 9.17) is 5.73 Å².